The molecule has 0 unspecified atom stereocenters. The molecule has 2 aromatic rings. The highest BCUT2D eigenvalue weighted by molar-refractivity contribution is 7.89. The molecule has 2 rings (SSSR count). The Morgan fingerprint density at radius 2 is 1.84 bits per heavy atom. The van der Waals surface area contributed by atoms with Gasteiger partial charge in [-0.15, -0.1) is 0 Å². The molecule has 25 heavy (non-hydrogen) atoms. The first-order valence-corrected chi connectivity index (χ1v) is 9.33. The van der Waals surface area contributed by atoms with Gasteiger partial charge in [-0.2, -0.15) is 0 Å². The van der Waals surface area contributed by atoms with Gasteiger partial charge in [0.2, 0.25) is 15.9 Å². The number of amides is 1. The number of nitrogens with one attached hydrogen (secondary N) is 2. The van der Waals surface area contributed by atoms with Gasteiger partial charge in [0.1, 0.15) is 5.82 Å². The van der Waals surface area contributed by atoms with E-state index < -0.39 is 28.3 Å². The van der Waals surface area contributed by atoms with Gasteiger partial charge in [-0.1, -0.05) is 32.0 Å². The van der Waals surface area contributed by atoms with Crippen LogP contribution in [0.1, 0.15) is 30.9 Å². The molecule has 7 heteroatoms. The van der Waals surface area contributed by atoms with Gasteiger partial charge in [0.25, 0.3) is 0 Å². The van der Waals surface area contributed by atoms with Crippen LogP contribution >= 0.6 is 0 Å². The Morgan fingerprint density at radius 1 is 1.16 bits per heavy atom. The summed E-state index contributed by atoms with van der Waals surface area (Å²) in [5, 5.41) is 2.71. The Kier molecular flexibility index (Phi) is 5.92. The fraction of sp³-hybridized carbons (Fsp3) is 0.278. The molecule has 2 aromatic carbocycles. The van der Waals surface area contributed by atoms with E-state index in [1.54, 1.807) is 12.1 Å². The Labute approximate surface area is 147 Å². The summed E-state index contributed by atoms with van der Waals surface area (Å²) in [4.78, 5) is 12.0. The predicted molar refractivity (Wildman–Crippen MR) is 95.5 cm³/mol. The first-order valence-electron chi connectivity index (χ1n) is 7.85. The van der Waals surface area contributed by atoms with E-state index >= 15 is 0 Å². The van der Waals surface area contributed by atoms with Crippen LogP contribution in [0.25, 0.3) is 0 Å². The summed E-state index contributed by atoms with van der Waals surface area (Å²) in [5.41, 5.74) is 1.84. The average molecular weight is 364 g/mol. The zero-order valence-corrected chi connectivity index (χ0v) is 15.2. The van der Waals surface area contributed by atoms with Crippen molar-refractivity contribution in [1.82, 2.24) is 4.72 Å². The molecule has 0 aliphatic heterocycles. The lowest BCUT2D eigenvalue weighted by Gasteiger charge is -2.14. The maximum absolute atomic E-state index is 13.3. The Balaban J connectivity index is 2.05. The average Bonchev–Trinajstić information content (AvgIpc) is 2.56. The number of para-hydroxylation sites is 1. The van der Waals surface area contributed by atoms with Crippen LogP contribution in [0.15, 0.2) is 47.4 Å². The van der Waals surface area contributed by atoms with Crippen LogP contribution in [0, 0.1) is 12.7 Å². The largest absolute Gasteiger partial charge is 0.325 e. The third kappa shape index (κ3) is 4.87. The molecule has 5 nitrogen and oxygen atoms in total. The van der Waals surface area contributed by atoms with E-state index in [1.807, 2.05) is 26.0 Å². The van der Waals surface area contributed by atoms with E-state index in [2.05, 4.69) is 10.0 Å². The molecule has 0 aromatic heterocycles. The van der Waals surface area contributed by atoms with Crippen LogP contribution in [0.5, 0.6) is 0 Å². The molecule has 0 atom stereocenters. The van der Waals surface area contributed by atoms with Crippen molar-refractivity contribution in [2.75, 3.05) is 11.9 Å². The molecule has 0 saturated heterocycles. The third-order valence-electron chi connectivity index (χ3n) is 3.72. The second-order valence-electron chi connectivity index (χ2n) is 6.03. The number of anilines is 1. The minimum Gasteiger partial charge on any atom is -0.325 e. The van der Waals surface area contributed by atoms with Gasteiger partial charge < -0.3 is 5.32 Å². The lowest BCUT2D eigenvalue weighted by Crippen LogP contribution is -2.33. The van der Waals surface area contributed by atoms with E-state index in [0.717, 1.165) is 17.7 Å². The number of aryl methyl sites for hydroxylation is 1. The molecule has 0 bridgehead atoms. The zero-order valence-electron chi connectivity index (χ0n) is 14.3. The number of hydrogen-bond donors (Lipinski definition) is 2. The molecule has 0 saturated carbocycles. The maximum Gasteiger partial charge on any atom is 0.241 e. The van der Waals surface area contributed by atoms with Gasteiger partial charge in [-0.05, 0) is 48.2 Å². The molecular weight excluding hydrogens is 343 g/mol. The maximum atomic E-state index is 13.3. The highest BCUT2D eigenvalue weighted by Crippen LogP contribution is 2.23. The van der Waals surface area contributed by atoms with Crippen LogP contribution in [0.2, 0.25) is 0 Å². The lowest BCUT2D eigenvalue weighted by molar-refractivity contribution is -0.115. The number of carbonyl (C=O) groups excluding carboxylic acids is 1. The second kappa shape index (κ2) is 7.76. The van der Waals surface area contributed by atoms with Crippen molar-refractivity contribution in [1.29, 1.82) is 0 Å². The number of rotatable bonds is 6. The van der Waals surface area contributed by atoms with Crippen molar-refractivity contribution in [2.24, 2.45) is 0 Å². The first kappa shape index (κ1) is 19.1. The van der Waals surface area contributed by atoms with Gasteiger partial charge in [0, 0.05) is 5.69 Å². The third-order valence-corrected chi connectivity index (χ3v) is 5.12. The van der Waals surface area contributed by atoms with Gasteiger partial charge >= 0.3 is 0 Å². The fourth-order valence-corrected chi connectivity index (χ4v) is 3.40. The van der Waals surface area contributed by atoms with Crippen molar-refractivity contribution >= 4 is 21.6 Å². The normalized spacial score (nSPS) is 11.6. The smallest absolute Gasteiger partial charge is 0.241 e. The molecule has 0 aliphatic carbocycles. The summed E-state index contributed by atoms with van der Waals surface area (Å²) >= 11 is 0. The highest BCUT2D eigenvalue weighted by atomic mass is 32.2. The van der Waals surface area contributed by atoms with Gasteiger partial charge in [-0.3, -0.25) is 4.79 Å². The summed E-state index contributed by atoms with van der Waals surface area (Å²) in [6, 6.07) is 10.8. The Bertz CT molecular complexity index is 880. The highest BCUT2D eigenvalue weighted by Gasteiger charge is 2.17. The molecular formula is C18H21FN2O3S. The van der Waals surface area contributed by atoms with Gasteiger partial charge in [-0.25, -0.2) is 17.5 Å². The fourth-order valence-electron chi connectivity index (χ4n) is 2.34. The SMILES string of the molecule is Cc1cc(S(=O)(=O)NCC(=O)Nc2ccccc2C(C)C)ccc1F. The van der Waals surface area contributed by atoms with Crippen LogP contribution in [-0.4, -0.2) is 20.9 Å². The summed E-state index contributed by atoms with van der Waals surface area (Å²) in [6.07, 6.45) is 0. The molecule has 2 N–H and O–H groups in total. The van der Waals surface area contributed by atoms with Crippen molar-refractivity contribution in [2.45, 2.75) is 31.6 Å². The molecule has 0 radical (unpaired) electrons. The minimum absolute atomic E-state index is 0.0817. The Hall–Kier alpha value is -2.25. The van der Waals surface area contributed by atoms with Crippen LogP contribution < -0.4 is 10.0 Å². The molecule has 0 aliphatic rings. The summed E-state index contributed by atoms with van der Waals surface area (Å²) in [6.45, 7) is 5.07. The monoisotopic (exact) mass is 364 g/mol. The molecule has 0 fully saturated rings. The standard InChI is InChI=1S/C18H21FN2O3S/c1-12(2)15-6-4-5-7-17(15)21-18(22)11-20-25(23,24)14-8-9-16(19)13(3)10-14/h4-10,12,20H,11H2,1-3H3,(H,21,22). The lowest BCUT2D eigenvalue weighted by atomic mass is 10.0. The topological polar surface area (TPSA) is 75.3 Å². The minimum atomic E-state index is -3.89. The Morgan fingerprint density at radius 3 is 2.48 bits per heavy atom. The number of sulfonamides is 1. The van der Waals surface area contributed by atoms with E-state index in [1.165, 1.54) is 13.0 Å². The van der Waals surface area contributed by atoms with Gasteiger partial charge in [0.15, 0.2) is 0 Å². The molecule has 134 valence electrons. The summed E-state index contributed by atoms with van der Waals surface area (Å²) in [5.74, 6) is -0.743. The first-order chi connectivity index (χ1) is 11.7. The summed E-state index contributed by atoms with van der Waals surface area (Å²) < 4.78 is 39.9. The van der Waals surface area contributed by atoms with Crippen LogP contribution in [0.4, 0.5) is 10.1 Å². The van der Waals surface area contributed by atoms with Crippen molar-refractivity contribution in [3.05, 3.63) is 59.4 Å². The van der Waals surface area contributed by atoms with E-state index in [4.69, 9.17) is 0 Å². The second-order valence-corrected chi connectivity index (χ2v) is 7.79. The van der Waals surface area contributed by atoms with Crippen LogP contribution in [0.3, 0.4) is 0 Å². The quantitative estimate of drug-likeness (QED) is 0.827. The summed E-state index contributed by atoms with van der Waals surface area (Å²) in [7, 11) is -3.89. The number of hydrogen-bond acceptors (Lipinski definition) is 3. The van der Waals surface area contributed by atoms with Crippen LogP contribution in [-0.2, 0) is 14.8 Å². The molecule has 0 heterocycles. The van der Waals surface area contributed by atoms with Crippen molar-refractivity contribution in [3.63, 3.8) is 0 Å². The number of benzene rings is 2. The van der Waals surface area contributed by atoms with Crippen molar-refractivity contribution < 1.29 is 17.6 Å². The zero-order chi connectivity index (χ0) is 18.6. The molecule has 1 amide bonds. The van der Waals surface area contributed by atoms with E-state index in [-0.39, 0.29) is 16.4 Å². The van der Waals surface area contributed by atoms with E-state index in [0.29, 0.717) is 5.69 Å². The van der Waals surface area contributed by atoms with E-state index in [9.17, 15) is 17.6 Å². The molecule has 0 spiro atoms. The predicted octanol–water partition coefficient (Wildman–Crippen LogP) is 3.17. The van der Waals surface area contributed by atoms with Gasteiger partial charge in [0.05, 0.1) is 11.4 Å². The number of halogens is 1. The van der Waals surface area contributed by atoms with Crippen molar-refractivity contribution in [3.8, 4) is 0 Å². The number of carbonyl (C=O) groups is 1.